The minimum Gasteiger partial charge on any atom is -0.490 e. The molecule has 0 aliphatic heterocycles. The second-order valence-corrected chi connectivity index (χ2v) is 7.53. The Balaban J connectivity index is 1.80. The third kappa shape index (κ3) is 6.44. The zero-order valence-corrected chi connectivity index (χ0v) is 18.8. The van der Waals surface area contributed by atoms with E-state index in [9.17, 15) is 14.4 Å². The third-order valence-corrected chi connectivity index (χ3v) is 4.74. The molecule has 3 aromatic carbocycles. The van der Waals surface area contributed by atoms with Gasteiger partial charge in [-0.1, -0.05) is 47.5 Å². The fraction of sp³-hybridized carbons (Fsp3) is 0.185. The molecule has 0 saturated carbocycles. The van der Waals surface area contributed by atoms with E-state index >= 15 is 0 Å². The van der Waals surface area contributed by atoms with Gasteiger partial charge in [-0.3, -0.25) is 4.79 Å². The Morgan fingerprint density at radius 3 is 2.42 bits per heavy atom. The van der Waals surface area contributed by atoms with Crippen LogP contribution in [0.25, 0.3) is 6.08 Å². The number of rotatable bonds is 8. The Bertz CT molecular complexity index is 1210. The zero-order chi connectivity index (χ0) is 23.8. The Hall–Kier alpha value is -4.11. The summed E-state index contributed by atoms with van der Waals surface area (Å²) >= 11 is 0. The van der Waals surface area contributed by atoms with Gasteiger partial charge in [0.1, 0.15) is 24.1 Å². The number of nitrogens with one attached hydrogen (secondary N) is 1. The predicted octanol–water partition coefficient (Wildman–Crippen LogP) is 5.97. The molecular weight excluding hydrogens is 419 g/mol. The first-order valence-corrected chi connectivity index (χ1v) is 10.5. The molecule has 168 valence electrons. The number of nitriles is 1. The highest BCUT2D eigenvalue weighted by Crippen LogP contribution is 2.30. The normalized spacial score (nSPS) is 10.9. The summed E-state index contributed by atoms with van der Waals surface area (Å²) < 4.78 is 25.5. The summed E-state index contributed by atoms with van der Waals surface area (Å²) in [6.45, 7) is 6.74. The Morgan fingerprint density at radius 1 is 1.03 bits per heavy atom. The summed E-state index contributed by atoms with van der Waals surface area (Å²) in [5.41, 5.74) is 3.81. The fourth-order valence-electron chi connectivity index (χ4n) is 3.38. The van der Waals surface area contributed by atoms with Gasteiger partial charge in [0.05, 0.1) is 12.3 Å². The van der Waals surface area contributed by atoms with E-state index in [2.05, 4.69) is 23.5 Å². The van der Waals surface area contributed by atoms with Crippen LogP contribution in [0.5, 0.6) is 11.5 Å². The second-order valence-electron chi connectivity index (χ2n) is 7.53. The smallest absolute Gasteiger partial charge is 0.266 e. The first-order valence-electron chi connectivity index (χ1n) is 10.5. The number of nitrogens with zero attached hydrogens (tertiary/aromatic N) is 1. The molecule has 0 spiro atoms. The second kappa shape index (κ2) is 11.0. The number of amides is 1. The minimum absolute atomic E-state index is 0.00814. The van der Waals surface area contributed by atoms with Crippen molar-refractivity contribution in [3.8, 4) is 17.6 Å². The minimum atomic E-state index is -0.698. The number of anilines is 1. The molecule has 3 rings (SSSR count). The van der Waals surface area contributed by atoms with Crippen LogP contribution in [0.2, 0.25) is 0 Å². The molecule has 0 unspecified atom stereocenters. The lowest BCUT2D eigenvalue weighted by molar-refractivity contribution is -0.112. The van der Waals surface area contributed by atoms with Gasteiger partial charge in [0, 0.05) is 0 Å². The van der Waals surface area contributed by atoms with E-state index in [0.29, 0.717) is 30.3 Å². The van der Waals surface area contributed by atoms with Crippen LogP contribution in [0.1, 0.15) is 29.2 Å². The SMILES string of the molecule is CCOc1cc(/C=C(\C#N)C(=O)Nc2ccccc2F)ccc1OCc1cc(C)cc(C)c1. The summed E-state index contributed by atoms with van der Waals surface area (Å²) in [5.74, 6) is -0.215. The molecule has 3 aromatic rings. The summed E-state index contributed by atoms with van der Waals surface area (Å²) in [5, 5.41) is 11.9. The molecule has 1 N–H and O–H groups in total. The quantitative estimate of drug-likeness (QED) is 0.343. The lowest BCUT2D eigenvalue weighted by Gasteiger charge is -2.13. The number of halogens is 1. The molecule has 0 radical (unpaired) electrons. The van der Waals surface area contributed by atoms with E-state index in [1.807, 2.05) is 26.8 Å². The molecule has 0 aliphatic carbocycles. The highest BCUT2D eigenvalue weighted by Gasteiger charge is 2.13. The highest BCUT2D eigenvalue weighted by molar-refractivity contribution is 6.09. The van der Waals surface area contributed by atoms with Crippen LogP contribution in [0, 0.1) is 31.0 Å². The first kappa shape index (κ1) is 23.6. The van der Waals surface area contributed by atoms with Gasteiger partial charge >= 0.3 is 0 Å². The van der Waals surface area contributed by atoms with Crippen molar-refractivity contribution in [3.05, 3.63) is 94.3 Å². The molecule has 0 aromatic heterocycles. The average Bonchev–Trinajstić information content (AvgIpc) is 2.78. The molecular formula is C27H25FN2O3. The number of para-hydroxylation sites is 1. The largest absolute Gasteiger partial charge is 0.490 e. The zero-order valence-electron chi connectivity index (χ0n) is 18.8. The van der Waals surface area contributed by atoms with Gasteiger partial charge in [-0.2, -0.15) is 5.26 Å². The van der Waals surface area contributed by atoms with Crippen LogP contribution in [0.15, 0.2) is 66.2 Å². The van der Waals surface area contributed by atoms with Crippen molar-refractivity contribution in [1.82, 2.24) is 0 Å². The van der Waals surface area contributed by atoms with E-state index in [-0.39, 0.29) is 11.3 Å². The average molecular weight is 445 g/mol. The Morgan fingerprint density at radius 2 is 1.76 bits per heavy atom. The van der Waals surface area contributed by atoms with Crippen molar-refractivity contribution in [3.63, 3.8) is 0 Å². The van der Waals surface area contributed by atoms with Crippen molar-refractivity contribution in [2.75, 3.05) is 11.9 Å². The molecule has 0 atom stereocenters. The summed E-state index contributed by atoms with van der Waals surface area (Å²) in [6, 6.07) is 19.1. The number of ether oxygens (including phenoxy) is 2. The molecule has 0 bridgehead atoms. The van der Waals surface area contributed by atoms with Gasteiger partial charge in [-0.15, -0.1) is 0 Å². The highest BCUT2D eigenvalue weighted by atomic mass is 19.1. The van der Waals surface area contributed by atoms with Crippen molar-refractivity contribution in [1.29, 1.82) is 5.26 Å². The number of hydrogen-bond donors (Lipinski definition) is 1. The summed E-state index contributed by atoms with van der Waals surface area (Å²) in [4.78, 5) is 12.5. The van der Waals surface area contributed by atoms with Crippen molar-refractivity contribution in [2.45, 2.75) is 27.4 Å². The number of carbonyl (C=O) groups is 1. The maximum Gasteiger partial charge on any atom is 0.266 e. The molecule has 6 heteroatoms. The van der Waals surface area contributed by atoms with Gasteiger partial charge in [0.25, 0.3) is 5.91 Å². The van der Waals surface area contributed by atoms with Gasteiger partial charge in [-0.05, 0) is 62.2 Å². The summed E-state index contributed by atoms with van der Waals surface area (Å²) in [6.07, 6.45) is 1.42. The maximum absolute atomic E-state index is 13.8. The van der Waals surface area contributed by atoms with Crippen LogP contribution in [0.4, 0.5) is 10.1 Å². The third-order valence-electron chi connectivity index (χ3n) is 4.74. The van der Waals surface area contributed by atoms with Gasteiger partial charge in [-0.25, -0.2) is 4.39 Å². The standard InChI is InChI=1S/C27H25FN2O3/c1-4-32-26-15-20(9-10-25(26)33-17-21-12-18(2)11-19(3)13-21)14-22(16-29)27(31)30-24-8-6-5-7-23(24)28/h5-15H,4,17H2,1-3H3,(H,30,31)/b22-14+. The number of aryl methyl sites for hydroxylation is 2. The molecule has 5 nitrogen and oxygen atoms in total. The van der Waals surface area contributed by atoms with E-state index in [4.69, 9.17) is 9.47 Å². The molecule has 0 saturated heterocycles. The lowest BCUT2D eigenvalue weighted by Crippen LogP contribution is -2.14. The molecule has 0 fully saturated rings. The molecule has 1 amide bonds. The van der Waals surface area contributed by atoms with Gasteiger partial charge in [0.2, 0.25) is 0 Å². The number of carbonyl (C=O) groups excluding carboxylic acids is 1. The summed E-state index contributed by atoms with van der Waals surface area (Å²) in [7, 11) is 0. The molecule has 0 heterocycles. The predicted molar refractivity (Wildman–Crippen MR) is 126 cm³/mol. The van der Waals surface area contributed by atoms with Crippen LogP contribution in [-0.4, -0.2) is 12.5 Å². The van der Waals surface area contributed by atoms with Crippen molar-refractivity contribution in [2.24, 2.45) is 0 Å². The lowest BCUT2D eigenvalue weighted by atomic mass is 10.1. The number of benzene rings is 3. The monoisotopic (exact) mass is 444 g/mol. The van der Waals surface area contributed by atoms with E-state index in [1.54, 1.807) is 24.3 Å². The van der Waals surface area contributed by atoms with Crippen LogP contribution in [-0.2, 0) is 11.4 Å². The first-order chi connectivity index (χ1) is 15.9. The molecule has 33 heavy (non-hydrogen) atoms. The van der Waals surface area contributed by atoms with Crippen molar-refractivity contribution < 1.29 is 18.7 Å². The van der Waals surface area contributed by atoms with E-state index in [0.717, 1.165) is 16.7 Å². The Kier molecular flexibility index (Phi) is 7.82. The van der Waals surface area contributed by atoms with Crippen LogP contribution < -0.4 is 14.8 Å². The van der Waals surface area contributed by atoms with E-state index in [1.165, 1.54) is 24.3 Å². The Labute approximate surface area is 193 Å². The fourth-order valence-corrected chi connectivity index (χ4v) is 3.38. The maximum atomic E-state index is 13.8. The molecule has 0 aliphatic rings. The topological polar surface area (TPSA) is 71.3 Å². The van der Waals surface area contributed by atoms with Crippen molar-refractivity contribution >= 4 is 17.7 Å². The number of hydrogen-bond acceptors (Lipinski definition) is 4. The van der Waals surface area contributed by atoms with Gasteiger partial charge < -0.3 is 14.8 Å². The van der Waals surface area contributed by atoms with Crippen LogP contribution in [0.3, 0.4) is 0 Å². The van der Waals surface area contributed by atoms with Gasteiger partial charge in [0.15, 0.2) is 11.5 Å². The van der Waals surface area contributed by atoms with Crippen LogP contribution >= 0.6 is 0 Å². The van der Waals surface area contributed by atoms with E-state index < -0.39 is 11.7 Å².